The highest BCUT2D eigenvalue weighted by molar-refractivity contribution is 5.56. The average molecular weight is 213 g/mol. The number of aryl methyl sites for hydroxylation is 1. The van der Waals surface area contributed by atoms with Gasteiger partial charge in [0.25, 0.3) is 5.78 Å². The van der Waals surface area contributed by atoms with Gasteiger partial charge in [0, 0.05) is 6.20 Å². The van der Waals surface area contributed by atoms with Crippen molar-refractivity contribution in [2.24, 2.45) is 0 Å². The Morgan fingerprint density at radius 2 is 2.06 bits per heavy atom. The van der Waals surface area contributed by atoms with Crippen molar-refractivity contribution < 1.29 is 0 Å². The maximum atomic E-state index is 4.13. The molecule has 0 saturated heterocycles. The zero-order valence-electron chi connectivity index (χ0n) is 8.44. The molecule has 0 aromatic carbocycles. The van der Waals surface area contributed by atoms with E-state index < -0.39 is 0 Å². The van der Waals surface area contributed by atoms with E-state index in [0.29, 0.717) is 11.5 Å². The molecule has 0 atom stereocenters. The summed E-state index contributed by atoms with van der Waals surface area (Å²) in [4.78, 5) is 11.9. The van der Waals surface area contributed by atoms with Crippen LogP contribution in [0.3, 0.4) is 0 Å². The summed E-state index contributed by atoms with van der Waals surface area (Å²) >= 11 is 0. The Labute approximate surface area is 90.2 Å². The molecule has 0 bridgehead atoms. The zero-order chi connectivity index (χ0) is 11.0. The van der Waals surface area contributed by atoms with E-state index in [0.717, 1.165) is 11.4 Å². The molecule has 0 spiro atoms. The molecule has 3 heterocycles. The number of rotatable bonds is 1. The SMILES string of the molecule is Cc1c(-c2ccncn2)nnc2ncnn12. The van der Waals surface area contributed by atoms with E-state index >= 15 is 0 Å². The fourth-order valence-corrected chi connectivity index (χ4v) is 1.47. The number of aromatic nitrogens is 7. The van der Waals surface area contributed by atoms with Crippen LogP contribution in [0.15, 0.2) is 24.9 Å². The molecule has 0 amide bonds. The predicted octanol–water partition coefficient (Wildman–Crippen LogP) is 0.285. The molecule has 7 heteroatoms. The normalized spacial score (nSPS) is 10.8. The Hall–Kier alpha value is -2.44. The summed E-state index contributed by atoms with van der Waals surface area (Å²) in [6.45, 7) is 1.90. The van der Waals surface area contributed by atoms with Gasteiger partial charge in [0.05, 0.1) is 11.4 Å². The molecule has 0 aliphatic rings. The fraction of sp³-hybridized carbons (Fsp3) is 0.111. The summed E-state index contributed by atoms with van der Waals surface area (Å²) in [6.07, 6.45) is 4.58. The van der Waals surface area contributed by atoms with E-state index in [-0.39, 0.29) is 0 Å². The van der Waals surface area contributed by atoms with Gasteiger partial charge in [0.1, 0.15) is 18.3 Å². The van der Waals surface area contributed by atoms with Crippen LogP contribution in [0.25, 0.3) is 17.2 Å². The quantitative estimate of drug-likeness (QED) is 0.577. The van der Waals surface area contributed by atoms with Crippen molar-refractivity contribution in [2.75, 3.05) is 0 Å². The summed E-state index contributed by atoms with van der Waals surface area (Å²) in [5.74, 6) is 0.482. The molecule has 0 fully saturated rings. The first kappa shape index (κ1) is 8.84. The number of fused-ring (bicyclic) bond motifs is 1. The first-order valence-corrected chi connectivity index (χ1v) is 4.65. The minimum absolute atomic E-state index is 0.482. The number of nitrogens with zero attached hydrogens (tertiary/aromatic N) is 7. The summed E-state index contributed by atoms with van der Waals surface area (Å²) in [5.41, 5.74) is 2.25. The Kier molecular flexibility index (Phi) is 1.82. The first-order valence-electron chi connectivity index (χ1n) is 4.65. The summed E-state index contributed by atoms with van der Waals surface area (Å²) in [5, 5.41) is 12.1. The van der Waals surface area contributed by atoms with Crippen LogP contribution < -0.4 is 0 Å². The van der Waals surface area contributed by atoms with E-state index in [1.165, 1.54) is 12.7 Å². The van der Waals surface area contributed by atoms with Gasteiger partial charge >= 0.3 is 0 Å². The molecule has 0 aliphatic heterocycles. The third-order valence-corrected chi connectivity index (χ3v) is 2.25. The average Bonchev–Trinajstić information content (AvgIpc) is 2.80. The Balaban J connectivity index is 2.28. The summed E-state index contributed by atoms with van der Waals surface area (Å²) in [7, 11) is 0. The third kappa shape index (κ3) is 1.22. The highest BCUT2D eigenvalue weighted by Crippen LogP contribution is 2.16. The second kappa shape index (κ2) is 3.30. The lowest BCUT2D eigenvalue weighted by Gasteiger charge is -2.03. The van der Waals surface area contributed by atoms with Gasteiger partial charge in [-0.25, -0.2) is 9.97 Å². The van der Waals surface area contributed by atoms with Gasteiger partial charge in [-0.3, -0.25) is 0 Å². The lowest BCUT2D eigenvalue weighted by atomic mass is 10.2. The van der Waals surface area contributed by atoms with Crippen LogP contribution in [0.5, 0.6) is 0 Å². The molecule has 0 aliphatic carbocycles. The van der Waals surface area contributed by atoms with Crippen molar-refractivity contribution in [2.45, 2.75) is 6.92 Å². The Morgan fingerprint density at radius 3 is 2.88 bits per heavy atom. The summed E-state index contributed by atoms with van der Waals surface area (Å²) < 4.78 is 1.63. The number of hydrogen-bond donors (Lipinski definition) is 0. The van der Waals surface area contributed by atoms with Crippen molar-refractivity contribution in [3.63, 3.8) is 0 Å². The number of hydrogen-bond acceptors (Lipinski definition) is 6. The Morgan fingerprint density at radius 1 is 1.12 bits per heavy atom. The van der Waals surface area contributed by atoms with Gasteiger partial charge in [-0.15, -0.1) is 10.2 Å². The first-order chi connectivity index (χ1) is 7.86. The van der Waals surface area contributed by atoms with Gasteiger partial charge in [-0.1, -0.05) is 0 Å². The fourth-order valence-electron chi connectivity index (χ4n) is 1.47. The van der Waals surface area contributed by atoms with E-state index in [4.69, 9.17) is 0 Å². The van der Waals surface area contributed by atoms with Gasteiger partial charge in [-0.05, 0) is 13.0 Å². The zero-order valence-corrected chi connectivity index (χ0v) is 8.44. The maximum Gasteiger partial charge on any atom is 0.271 e. The van der Waals surface area contributed by atoms with E-state index in [1.54, 1.807) is 16.8 Å². The molecule has 0 saturated carbocycles. The van der Waals surface area contributed by atoms with E-state index in [2.05, 4.69) is 30.2 Å². The lowest BCUT2D eigenvalue weighted by molar-refractivity contribution is 0.850. The molecule has 0 unspecified atom stereocenters. The topological polar surface area (TPSA) is 81.8 Å². The van der Waals surface area contributed by atoms with E-state index in [9.17, 15) is 0 Å². The van der Waals surface area contributed by atoms with Gasteiger partial charge < -0.3 is 0 Å². The standard InChI is InChI=1S/C9H7N7/c1-6-8(7-2-3-10-4-11-7)14-15-9-12-5-13-16(6)9/h2-5H,1H3. The molecule has 16 heavy (non-hydrogen) atoms. The molecular weight excluding hydrogens is 206 g/mol. The predicted molar refractivity (Wildman–Crippen MR) is 54.3 cm³/mol. The largest absolute Gasteiger partial charge is 0.271 e. The minimum atomic E-state index is 0.482. The molecule has 3 rings (SSSR count). The third-order valence-electron chi connectivity index (χ3n) is 2.25. The van der Waals surface area contributed by atoms with Crippen molar-refractivity contribution in [1.82, 2.24) is 34.8 Å². The second-order valence-electron chi connectivity index (χ2n) is 3.20. The van der Waals surface area contributed by atoms with Crippen molar-refractivity contribution in [1.29, 1.82) is 0 Å². The minimum Gasteiger partial charge on any atom is -0.245 e. The highest BCUT2D eigenvalue weighted by Gasteiger charge is 2.10. The van der Waals surface area contributed by atoms with Crippen LogP contribution >= 0.6 is 0 Å². The van der Waals surface area contributed by atoms with Crippen molar-refractivity contribution in [3.05, 3.63) is 30.6 Å². The van der Waals surface area contributed by atoms with Crippen LogP contribution in [0.1, 0.15) is 5.69 Å². The molecule has 78 valence electrons. The van der Waals surface area contributed by atoms with Crippen LogP contribution in [-0.2, 0) is 0 Å². The van der Waals surface area contributed by atoms with Gasteiger partial charge in [0.15, 0.2) is 0 Å². The second-order valence-corrected chi connectivity index (χ2v) is 3.20. The molecule has 3 aromatic rings. The van der Waals surface area contributed by atoms with Crippen molar-refractivity contribution in [3.8, 4) is 11.4 Å². The van der Waals surface area contributed by atoms with Crippen LogP contribution in [-0.4, -0.2) is 34.8 Å². The molecular formula is C9H7N7. The van der Waals surface area contributed by atoms with E-state index in [1.807, 2.05) is 6.92 Å². The van der Waals surface area contributed by atoms with Gasteiger partial charge in [-0.2, -0.15) is 14.6 Å². The van der Waals surface area contributed by atoms with Crippen LogP contribution in [0.2, 0.25) is 0 Å². The van der Waals surface area contributed by atoms with Crippen LogP contribution in [0.4, 0.5) is 0 Å². The maximum absolute atomic E-state index is 4.13. The Bertz CT molecular complexity index is 631. The molecule has 0 radical (unpaired) electrons. The van der Waals surface area contributed by atoms with Crippen LogP contribution in [0, 0.1) is 6.92 Å². The van der Waals surface area contributed by atoms with Crippen molar-refractivity contribution >= 4 is 5.78 Å². The lowest BCUT2D eigenvalue weighted by Crippen LogP contribution is -2.03. The summed E-state index contributed by atoms with van der Waals surface area (Å²) in [6, 6.07) is 1.78. The molecule has 0 N–H and O–H groups in total. The highest BCUT2D eigenvalue weighted by atomic mass is 15.4. The van der Waals surface area contributed by atoms with Gasteiger partial charge in [0.2, 0.25) is 0 Å². The molecule has 3 aromatic heterocycles. The smallest absolute Gasteiger partial charge is 0.245 e. The molecule has 7 nitrogen and oxygen atoms in total. The monoisotopic (exact) mass is 213 g/mol.